The molecule has 0 radical (unpaired) electrons. The highest BCUT2D eigenvalue weighted by molar-refractivity contribution is 6.30. The van der Waals surface area contributed by atoms with Crippen LogP contribution in [0.2, 0.25) is 5.02 Å². The van der Waals surface area contributed by atoms with E-state index in [1.807, 2.05) is 42.5 Å². The zero-order valence-electron chi connectivity index (χ0n) is 21.0. The van der Waals surface area contributed by atoms with Gasteiger partial charge in [-0.05, 0) is 55.0 Å². The Kier molecular flexibility index (Phi) is 5.87. The molecule has 38 heavy (non-hydrogen) atoms. The van der Waals surface area contributed by atoms with E-state index in [-0.39, 0.29) is 53.2 Å². The molecule has 3 aliphatic rings. The van der Waals surface area contributed by atoms with Crippen LogP contribution in [0.4, 0.5) is 5.69 Å². The number of amides is 3. The normalized spacial score (nSPS) is 24.2. The van der Waals surface area contributed by atoms with E-state index in [9.17, 15) is 19.2 Å². The van der Waals surface area contributed by atoms with Crippen LogP contribution in [-0.2, 0) is 21.4 Å². The lowest BCUT2D eigenvalue weighted by atomic mass is 9.85. The van der Waals surface area contributed by atoms with Gasteiger partial charge in [0.25, 0.3) is 5.56 Å². The van der Waals surface area contributed by atoms with Crippen molar-refractivity contribution in [2.24, 2.45) is 30.7 Å². The van der Waals surface area contributed by atoms with Crippen LogP contribution < -0.4 is 10.9 Å². The summed E-state index contributed by atoms with van der Waals surface area (Å²) < 4.78 is 3.16. The molecule has 8 nitrogen and oxygen atoms in total. The number of fused-ring (bicyclic) bond motifs is 5. The van der Waals surface area contributed by atoms with Gasteiger partial charge in [0.1, 0.15) is 5.69 Å². The van der Waals surface area contributed by atoms with Crippen LogP contribution in [-0.4, -0.2) is 32.0 Å². The number of rotatable bonds is 6. The van der Waals surface area contributed by atoms with Crippen molar-refractivity contribution in [3.8, 4) is 5.69 Å². The van der Waals surface area contributed by atoms with Crippen LogP contribution in [0.5, 0.6) is 0 Å². The number of hydrogen-bond acceptors (Lipinski definition) is 4. The third-order valence-electron chi connectivity index (χ3n) is 8.25. The monoisotopic (exact) mass is 530 g/mol. The SMILES string of the molecule is Cc1c(NC(=O)CC(c2cccc(Cl)c2)N2C(=O)C3C4C=CC(C4)C3C2=O)c(=O)n(-c2ccccc2)n1C. The Labute approximate surface area is 224 Å². The van der Waals surface area contributed by atoms with Crippen molar-refractivity contribution >= 4 is 35.0 Å². The van der Waals surface area contributed by atoms with E-state index in [1.165, 1.54) is 9.58 Å². The average molecular weight is 531 g/mol. The lowest BCUT2D eigenvalue weighted by molar-refractivity contribution is -0.144. The third-order valence-corrected chi connectivity index (χ3v) is 8.48. The fraction of sp³-hybridized carbons (Fsp3) is 0.310. The molecule has 194 valence electrons. The topological polar surface area (TPSA) is 93.4 Å². The number of halogens is 1. The maximum Gasteiger partial charge on any atom is 0.295 e. The second-order valence-electron chi connectivity index (χ2n) is 10.3. The van der Waals surface area contributed by atoms with Gasteiger partial charge < -0.3 is 5.32 Å². The summed E-state index contributed by atoms with van der Waals surface area (Å²) in [5.74, 6) is -1.59. The van der Waals surface area contributed by atoms with Crippen LogP contribution in [0, 0.1) is 30.6 Å². The summed E-state index contributed by atoms with van der Waals surface area (Å²) >= 11 is 6.26. The zero-order chi connectivity index (χ0) is 26.7. The van der Waals surface area contributed by atoms with Gasteiger partial charge in [-0.1, -0.05) is 54.1 Å². The number of likely N-dealkylation sites (tertiary alicyclic amines) is 1. The number of anilines is 1. The van der Waals surface area contributed by atoms with E-state index < -0.39 is 11.9 Å². The second kappa shape index (κ2) is 9.13. The summed E-state index contributed by atoms with van der Waals surface area (Å²) in [6, 6.07) is 15.2. The summed E-state index contributed by atoms with van der Waals surface area (Å²) in [7, 11) is 1.75. The molecule has 1 aromatic heterocycles. The number of benzene rings is 2. The van der Waals surface area contributed by atoms with Crippen molar-refractivity contribution in [2.75, 3.05) is 5.32 Å². The molecular formula is C29H27ClN4O4. The molecule has 2 heterocycles. The summed E-state index contributed by atoms with van der Waals surface area (Å²) in [5, 5.41) is 3.21. The number of hydrogen-bond donors (Lipinski definition) is 1. The highest BCUT2D eigenvalue weighted by Crippen LogP contribution is 2.54. The number of nitrogens with zero attached hydrogens (tertiary/aromatic N) is 3. The smallest absolute Gasteiger partial charge is 0.295 e. The molecule has 0 spiro atoms. The Morgan fingerprint density at radius 3 is 2.29 bits per heavy atom. The Hall–Kier alpha value is -3.91. The number of allylic oxidation sites excluding steroid dienone is 2. The van der Waals surface area contributed by atoms with Crippen molar-refractivity contribution in [3.63, 3.8) is 0 Å². The number of para-hydroxylation sites is 1. The van der Waals surface area contributed by atoms with Crippen LogP contribution in [0.15, 0.2) is 71.5 Å². The van der Waals surface area contributed by atoms with E-state index in [2.05, 4.69) is 5.32 Å². The van der Waals surface area contributed by atoms with Gasteiger partial charge in [0.2, 0.25) is 17.7 Å². The van der Waals surface area contributed by atoms with Crippen molar-refractivity contribution in [1.82, 2.24) is 14.3 Å². The highest BCUT2D eigenvalue weighted by Gasteiger charge is 2.60. The van der Waals surface area contributed by atoms with E-state index >= 15 is 0 Å². The van der Waals surface area contributed by atoms with Gasteiger partial charge in [-0.2, -0.15) is 0 Å². The van der Waals surface area contributed by atoms with Gasteiger partial charge in [0.15, 0.2) is 0 Å². The molecule has 2 aromatic carbocycles. The van der Waals surface area contributed by atoms with Crippen molar-refractivity contribution in [3.05, 3.63) is 93.4 Å². The summed E-state index contributed by atoms with van der Waals surface area (Å²) in [6.07, 6.45) is 4.71. The minimum Gasteiger partial charge on any atom is -0.320 e. The molecule has 2 aliphatic carbocycles. The maximum absolute atomic E-state index is 13.6. The van der Waals surface area contributed by atoms with E-state index in [0.29, 0.717) is 22.0 Å². The molecule has 6 rings (SSSR count). The van der Waals surface area contributed by atoms with Crippen molar-refractivity contribution in [2.45, 2.75) is 25.8 Å². The molecule has 1 saturated carbocycles. The predicted octanol–water partition coefficient (Wildman–Crippen LogP) is 4.01. The molecular weight excluding hydrogens is 504 g/mol. The van der Waals surface area contributed by atoms with Crippen LogP contribution >= 0.6 is 11.6 Å². The number of aromatic nitrogens is 2. The van der Waals surface area contributed by atoms with Crippen molar-refractivity contribution in [1.29, 1.82) is 0 Å². The first-order valence-electron chi connectivity index (χ1n) is 12.7. The zero-order valence-corrected chi connectivity index (χ0v) is 21.8. The summed E-state index contributed by atoms with van der Waals surface area (Å²) in [6.45, 7) is 1.75. The fourth-order valence-corrected chi connectivity index (χ4v) is 6.58. The number of carbonyl (C=O) groups excluding carboxylic acids is 3. The van der Waals surface area contributed by atoms with E-state index in [1.54, 1.807) is 42.9 Å². The van der Waals surface area contributed by atoms with Gasteiger partial charge in [0, 0.05) is 12.1 Å². The Bertz CT molecular complexity index is 1530. The minimum atomic E-state index is -0.834. The van der Waals surface area contributed by atoms with Gasteiger partial charge in [-0.3, -0.25) is 28.8 Å². The number of nitrogens with one attached hydrogen (secondary N) is 1. The van der Waals surface area contributed by atoms with Gasteiger partial charge >= 0.3 is 0 Å². The molecule has 3 aromatic rings. The minimum absolute atomic E-state index is 0.0590. The Balaban J connectivity index is 1.32. The number of carbonyl (C=O) groups is 3. The largest absolute Gasteiger partial charge is 0.320 e. The van der Waals surface area contributed by atoms with Gasteiger partial charge in [0.05, 0.1) is 35.7 Å². The highest BCUT2D eigenvalue weighted by atomic mass is 35.5. The molecule has 2 bridgehead atoms. The lowest BCUT2D eigenvalue weighted by Crippen LogP contribution is -2.38. The maximum atomic E-state index is 13.6. The molecule has 5 atom stereocenters. The third kappa shape index (κ3) is 3.74. The first-order chi connectivity index (χ1) is 18.3. The van der Waals surface area contributed by atoms with Crippen LogP contribution in [0.25, 0.3) is 5.69 Å². The van der Waals surface area contributed by atoms with Gasteiger partial charge in [-0.15, -0.1) is 0 Å². The molecule has 2 fully saturated rings. The quantitative estimate of drug-likeness (QED) is 0.385. The Morgan fingerprint density at radius 2 is 1.66 bits per heavy atom. The molecule has 1 N–H and O–H groups in total. The van der Waals surface area contributed by atoms with Crippen LogP contribution in [0.1, 0.15) is 30.1 Å². The average Bonchev–Trinajstić information content (AvgIpc) is 3.63. The summed E-state index contributed by atoms with van der Waals surface area (Å²) in [4.78, 5) is 55.2. The van der Waals surface area contributed by atoms with Gasteiger partial charge in [-0.25, -0.2) is 4.68 Å². The standard InChI is InChI=1S/C29H27ClN4O4/c1-16-26(29(38)34(32(16)2)21-9-4-3-5-10-21)31-23(35)15-22(17-7-6-8-20(30)14-17)33-27(36)24-18-11-12-19(13-18)25(24)28(33)37/h3-12,14,18-19,22,24-25H,13,15H2,1-2H3,(H,31,35). The molecule has 3 amide bonds. The van der Waals surface area contributed by atoms with E-state index in [0.717, 1.165) is 6.42 Å². The fourth-order valence-electron chi connectivity index (χ4n) is 6.38. The van der Waals surface area contributed by atoms with Crippen molar-refractivity contribution < 1.29 is 14.4 Å². The lowest BCUT2D eigenvalue weighted by Gasteiger charge is -2.28. The summed E-state index contributed by atoms with van der Waals surface area (Å²) in [5.41, 5.74) is 1.64. The Morgan fingerprint density at radius 1 is 1.00 bits per heavy atom. The first-order valence-corrected chi connectivity index (χ1v) is 13.1. The predicted molar refractivity (Wildman–Crippen MR) is 143 cm³/mol. The molecule has 9 heteroatoms. The van der Waals surface area contributed by atoms with E-state index in [4.69, 9.17) is 11.6 Å². The molecule has 1 aliphatic heterocycles. The molecule has 1 saturated heterocycles. The number of imide groups is 1. The second-order valence-corrected chi connectivity index (χ2v) is 10.7. The van der Waals surface area contributed by atoms with Crippen LogP contribution in [0.3, 0.4) is 0 Å². The molecule has 5 unspecified atom stereocenters. The first kappa shape index (κ1) is 24.4.